The first-order valence-corrected chi connectivity index (χ1v) is 6.22. The molecule has 1 aliphatic carbocycles. The van der Waals surface area contributed by atoms with Crippen LogP contribution in [-0.2, 0) is 6.42 Å². The van der Waals surface area contributed by atoms with E-state index in [1.165, 1.54) is 29.5 Å². The zero-order valence-electron chi connectivity index (χ0n) is 10.6. The van der Waals surface area contributed by atoms with Crippen LogP contribution >= 0.6 is 0 Å². The number of rotatable bonds is 4. The van der Waals surface area contributed by atoms with Crippen molar-refractivity contribution in [2.75, 3.05) is 6.61 Å². The second-order valence-electron chi connectivity index (χ2n) is 5.68. The van der Waals surface area contributed by atoms with E-state index in [2.05, 4.69) is 39.0 Å². The molecule has 16 heavy (non-hydrogen) atoms. The smallest absolute Gasteiger partial charge is 0.0490 e. The fraction of sp³-hybridized carbons (Fsp3) is 0.600. The summed E-state index contributed by atoms with van der Waals surface area (Å²) >= 11 is 0. The lowest BCUT2D eigenvalue weighted by Gasteiger charge is -2.27. The molecule has 1 nitrogen and oxygen atoms in total. The Balaban J connectivity index is 2.15. The molecule has 1 heteroatoms. The summed E-state index contributed by atoms with van der Waals surface area (Å²) in [6, 6.07) is 6.67. The van der Waals surface area contributed by atoms with Gasteiger partial charge in [-0.15, -0.1) is 0 Å². The predicted octanol–water partition coefficient (Wildman–Crippen LogP) is 3.25. The highest BCUT2D eigenvalue weighted by Gasteiger charge is 2.40. The van der Waals surface area contributed by atoms with E-state index in [0.29, 0.717) is 6.61 Å². The second kappa shape index (κ2) is 4.21. The molecule has 0 aliphatic heterocycles. The van der Waals surface area contributed by atoms with E-state index >= 15 is 0 Å². The van der Waals surface area contributed by atoms with Gasteiger partial charge in [0.25, 0.3) is 0 Å². The van der Waals surface area contributed by atoms with Crippen LogP contribution in [0.5, 0.6) is 0 Å². The summed E-state index contributed by atoms with van der Waals surface area (Å²) in [4.78, 5) is 0. The lowest BCUT2D eigenvalue weighted by Crippen LogP contribution is -2.26. The first-order valence-electron chi connectivity index (χ1n) is 6.22. The highest BCUT2D eigenvalue weighted by molar-refractivity contribution is 5.30. The van der Waals surface area contributed by atoms with E-state index in [9.17, 15) is 5.11 Å². The van der Waals surface area contributed by atoms with E-state index in [0.717, 1.165) is 12.3 Å². The lowest BCUT2D eigenvalue weighted by atomic mass is 9.79. The second-order valence-corrected chi connectivity index (χ2v) is 5.68. The van der Waals surface area contributed by atoms with Crippen molar-refractivity contribution in [3.63, 3.8) is 0 Å². The van der Waals surface area contributed by atoms with Crippen molar-refractivity contribution in [2.24, 2.45) is 11.3 Å². The Bertz CT molecular complexity index is 379. The third-order valence-corrected chi connectivity index (χ3v) is 4.10. The van der Waals surface area contributed by atoms with Gasteiger partial charge in [0.05, 0.1) is 0 Å². The number of hydrogen-bond donors (Lipinski definition) is 1. The van der Waals surface area contributed by atoms with Crippen molar-refractivity contribution in [3.8, 4) is 0 Å². The Kier molecular flexibility index (Phi) is 3.07. The Morgan fingerprint density at radius 2 is 1.94 bits per heavy atom. The molecule has 0 radical (unpaired) electrons. The maximum atomic E-state index is 9.58. The molecule has 0 heterocycles. The van der Waals surface area contributed by atoms with Gasteiger partial charge in [0.1, 0.15) is 0 Å². The minimum Gasteiger partial charge on any atom is -0.396 e. The summed E-state index contributed by atoms with van der Waals surface area (Å²) < 4.78 is 0. The van der Waals surface area contributed by atoms with Crippen LogP contribution in [0.3, 0.4) is 0 Å². The van der Waals surface area contributed by atoms with Gasteiger partial charge < -0.3 is 5.11 Å². The van der Waals surface area contributed by atoms with Crippen LogP contribution < -0.4 is 0 Å². The molecule has 1 saturated carbocycles. The minimum atomic E-state index is 0.0989. The minimum absolute atomic E-state index is 0.0989. The Morgan fingerprint density at radius 3 is 2.44 bits per heavy atom. The molecule has 1 N–H and O–H groups in total. The predicted molar refractivity (Wildman–Crippen MR) is 67.5 cm³/mol. The molecular formula is C15H22O. The normalized spacial score (nSPS) is 19.5. The van der Waals surface area contributed by atoms with E-state index in [1.54, 1.807) is 0 Å². The summed E-state index contributed by atoms with van der Waals surface area (Å²) in [5.74, 6) is 0.735. The van der Waals surface area contributed by atoms with Crippen LogP contribution in [0.1, 0.15) is 36.5 Å². The molecule has 1 atom stereocenters. The molecular weight excluding hydrogens is 196 g/mol. The quantitative estimate of drug-likeness (QED) is 0.822. The summed E-state index contributed by atoms with van der Waals surface area (Å²) in [6.07, 6.45) is 3.60. The first-order chi connectivity index (χ1) is 7.55. The number of benzene rings is 1. The Hall–Kier alpha value is -0.820. The van der Waals surface area contributed by atoms with Crippen LogP contribution in [-0.4, -0.2) is 11.7 Å². The monoisotopic (exact) mass is 218 g/mol. The number of aryl methyl sites for hydroxylation is 2. The van der Waals surface area contributed by atoms with Gasteiger partial charge in [-0.1, -0.05) is 25.1 Å². The zero-order valence-corrected chi connectivity index (χ0v) is 10.6. The molecule has 0 spiro atoms. The van der Waals surface area contributed by atoms with E-state index in [1.807, 2.05) is 0 Å². The third kappa shape index (κ3) is 2.30. The average Bonchev–Trinajstić information content (AvgIpc) is 3.07. The number of aliphatic hydroxyl groups is 1. The van der Waals surface area contributed by atoms with Gasteiger partial charge in [-0.2, -0.15) is 0 Å². The molecule has 0 amide bonds. The average molecular weight is 218 g/mol. The van der Waals surface area contributed by atoms with E-state index in [-0.39, 0.29) is 5.41 Å². The maximum absolute atomic E-state index is 9.58. The van der Waals surface area contributed by atoms with Gasteiger partial charge in [0.15, 0.2) is 0 Å². The number of aliphatic hydroxyl groups excluding tert-OH is 1. The molecule has 2 rings (SSSR count). The molecule has 0 bridgehead atoms. The maximum Gasteiger partial charge on any atom is 0.0490 e. The molecule has 1 aliphatic rings. The van der Waals surface area contributed by atoms with Crippen molar-refractivity contribution in [2.45, 2.75) is 40.0 Å². The summed E-state index contributed by atoms with van der Waals surface area (Å²) in [6.45, 7) is 6.84. The fourth-order valence-corrected chi connectivity index (χ4v) is 2.49. The van der Waals surface area contributed by atoms with Gasteiger partial charge in [-0.25, -0.2) is 0 Å². The Morgan fingerprint density at radius 1 is 1.25 bits per heavy atom. The summed E-state index contributed by atoms with van der Waals surface area (Å²) in [5.41, 5.74) is 4.17. The van der Waals surface area contributed by atoms with Gasteiger partial charge in [-0.05, 0) is 61.1 Å². The van der Waals surface area contributed by atoms with Crippen molar-refractivity contribution in [1.82, 2.24) is 0 Å². The van der Waals surface area contributed by atoms with Crippen molar-refractivity contribution in [3.05, 3.63) is 34.9 Å². The van der Waals surface area contributed by atoms with E-state index in [4.69, 9.17) is 0 Å². The molecule has 1 aromatic carbocycles. The van der Waals surface area contributed by atoms with Gasteiger partial charge in [-0.3, -0.25) is 0 Å². The zero-order chi connectivity index (χ0) is 11.8. The summed E-state index contributed by atoms with van der Waals surface area (Å²) in [5, 5.41) is 9.58. The number of hydrogen-bond acceptors (Lipinski definition) is 1. The molecule has 1 unspecified atom stereocenters. The third-order valence-electron chi connectivity index (χ3n) is 4.10. The molecule has 0 saturated heterocycles. The largest absolute Gasteiger partial charge is 0.396 e. The van der Waals surface area contributed by atoms with Crippen molar-refractivity contribution in [1.29, 1.82) is 0 Å². The van der Waals surface area contributed by atoms with Crippen LogP contribution in [0, 0.1) is 25.2 Å². The van der Waals surface area contributed by atoms with Gasteiger partial charge >= 0.3 is 0 Å². The van der Waals surface area contributed by atoms with Crippen LogP contribution in [0.15, 0.2) is 18.2 Å². The topological polar surface area (TPSA) is 20.2 Å². The van der Waals surface area contributed by atoms with Gasteiger partial charge in [0, 0.05) is 6.61 Å². The highest BCUT2D eigenvalue weighted by Crippen LogP contribution is 2.47. The highest BCUT2D eigenvalue weighted by atomic mass is 16.3. The van der Waals surface area contributed by atoms with Crippen LogP contribution in [0.25, 0.3) is 0 Å². The summed E-state index contributed by atoms with van der Waals surface area (Å²) in [7, 11) is 0. The first kappa shape index (κ1) is 11.7. The lowest BCUT2D eigenvalue weighted by molar-refractivity contribution is 0.119. The Labute approximate surface area is 98.5 Å². The van der Waals surface area contributed by atoms with Crippen LogP contribution in [0.4, 0.5) is 0 Å². The molecule has 88 valence electrons. The fourth-order valence-electron chi connectivity index (χ4n) is 2.49. The standard InChI is InChI=1S/C15H22O/c1-11-4-5-13(8-12(11)2)9-15(3,10-16)14-6-7-14/h4-5,8,14,16H,6-7,9-10H2,1-3H3. The molecule has 1 aromatic rings. The van der Waals surface area contributed by atoms with E-state index < -0.39 is 0 Å². The molecule has 0 aromatic heterocycles. The molecule has 1 fully saturated rings. The van der Waals surface area contributed by atoms with Gasteiger partial charge in [0.2, 0.25) is 0 Å². The van der Waals surface area contributed by atoms with Crippen molar-refractivity contribution < 1.29 is 5.11 Å². The SMILES string of the molecule is Cc1ccc(CC(C)(CO)C2CC2)cc1C. The van der Waals surface area contributed by atoms with Crippen molar-refractivity contribution >= 4 is 0 Å². The van der Waals surface area contributed by atoms with Crippen LogP contribution in [0.2, 0.25) is 0 Å².